The van der Waals surface area contributed by atoms with Gasteiger partial charge >= 0.3 is 0 Å². The van der Waals surface area contributed by atoms with Gasteiger partial charge in [-0.25, -0.2) is 0 Å². The third-order valence-corrected chi connectivity index (χ3v) is 5.19. The van der Waals surface area contributed by atoms with Crippen LogP contribution in [0.15, 0.2) is 67.3 Å². The van der Waals surface area contributed by atoms with E-state index in [4.69, 9.17) is 0 Å². The molecule has 0 fully saturated rings. The normalized spacial score (nSPS) is 11.5. The molecule has 0 unspecified atom stereocenters. The Hall–Kier alpha value is -2.85. The maximum atomic E-state index is 4.67. The summed E-state index contributed by atoms with van der Waals surface area (Å²) >= 11 is 1.75. The van der Waals surface area contributed by atoms with Gasteiger partial charge in [-0.3, -0.25) is 15.0 Å². The summed E-state index contributed by atoms with van der Waals surface area (Å²) in [6.07, 6.45) is 7.47. The van der Waals surface area contributed by atoms with E-state index in [1.807, 2.05) is 43.0 Å². The lowest BCUT2D eigenvalue weighted by atomic mass is 10.0. The Bertz CT molecular complexity index is 1170. The van der Waals surface area contributed by atoms with E-state index in [1.54, 1.807) is 11.3 Å². The predicted octanol–water partition coefficient (Wildman–Crippen LogP) is 5.06. The fourth-order valence-electron chi connectivity index (χ4n) is 3.06. The van der Waals surface area contributed by atoms with Gasteiger partial charge in [-0.15, -0.1) is 11.3 Å². The monoisotopic (exact) mass is 313 g/mol. The van der Waals surface area contributed by atoms with Gasteiger partial charge in [-0.05, 0) is 23.6 Å². The fourth-order valence-corrected chi connectivity index (χ4v) is 4.13. The third kappa shape index (κ3) is 1.85. The fraction of sp³-hybridized carbons (Fsp3) is 0. The van der Waals surface area contributed by atoms with E-state index in [0.29, 0.717) is 0 Å². The lowest BCUT2D eigenvalue weighted by Crippen LogP contribution is -1.89. The van der Waals surface area contributed by atoms with Crippen LogP contribution in [0.1, 0.15) is 0 Å². The van der Waals surface area contributed by atoms with Crippen LogP contribution in [-0.4, -0.2) is 15.0 Å². The number of hydrogen-bond acceptors (Lipinski definition) is 4. The summed E-state index contributed by atoms with van der Waals surface area (Å²) in [6.45, 7) is 0. The highest BCUT2D eigenvalue weighted by molar-refractivity contribution is 7.25. The summed E-state index contributed by atoms with van der Waals surface area (Å²) in [5, 5.41) is 4.66. The zero-order chi connectivity index (χ0) is 15.2. The van der Waals surface area contributed by atoms with Crippen LogP contribution in [0.5, 0.6) is 0 Å². The first-order chi connectivity index (χ1) is 11.4. The summed E-state index contributed by atoms with van der Waals surface area (Å²) < 4.78 is 2.39. The molecule has 0 N–H and O–H groups in total. The van der Waals surface area contributed by atoms with Crippen LogP contribution in [0, 0.1) is 0 Å². The zero-order valence-electron chi connectivity index (χ0n) is 12.1. The van der Waals surface area contributed by atoms with Crippen LogP contribution in [0.25, 0.3) is 42.3 Å². The minimum absolute atomic E-state index is 0.935. The zero-order valence-corrected chi connectivity index (χ0v) is 12.9. The van der Waals surface area contributed by atoms with Crippen LogP contribution >= 0.6 is 11.3 Å². The quantitative estimate of drug-likeness (QED) is 0.434. The van der Waals surface area contributed by atoms with Crippen LogP contribution in [0.3, 0.4) is 0 Å². The molecule has 108 valence electrons. The number of pyridine rings is 3. The molecule has 5 aromatic rings. The molecule has 4 aromatic heterocycles. The minimum atomic E-state index is 0.935. The van der Waals surface area contributed by atoms with Gasteiger partial charge in [0.25, 0.3) is 0 Å². The molecule has 0 saturated heterocycles. The molecule has 0 amide bonds. The summed E-state index contributed by atoms with van der Waals surface area (Å²) in [4.78, 5) is 13.5. The lowest BCUT2D eigenvalue weighted by Gasteiger charge is -2.06. The van der Waals surface area contributed by atoms with Crippen molar-refractivity contribution in [1.82, 2.24) is 15.0 Å². The maximum absolute atomic E-state index is 4.67. The number of benzene rings is 1. The van der Waals surface area contributed by atoms with E-state index in [-0.39, 0.29) is 0 Å². The molecular formula is C19H11N3S. The van der Waals surface area contributed by atoms with Crippen LogP contribution in [-0.2, 0) is 0 Å². The summed E-state index contributed by atoms with van der Waals surface area (Å²) in [5.74, 6) is 0. The van der Waals surface area contributed by atoms with Crippen LogP contribution < -0.4 is 0 Å². The average molecular weight is 313 g/mol. The van der Waals surface area contributed by atoms with Gasteiger partial charge in [0.1, 0.15) is 0 Å². The van der Waals surface area contributed by atoms with E-state index >= 15 is 0 Å². The van der Waals surface area contributed by atoms with E-state index in [1.165, 1.54) is 25.6 Å². The molecule has 0 aliphatic rings. The van der Waals surface area contributed by atoms with Crippen molar-refractivity contribution >= 4 is 42.3 Å². The lowest BCUT2D eigenvalue weighted by molar-refractivity contribution is 1.29. The number of nitrogens with zero attached hydrogens (tertiary/aromatic N) is 3. The topological polar surface area (TPSA) is 38.7 Å². The van der Waals surface area contributed by atoms with Gasteiger partial charge in [0.2, 0.25) is 0 Å². The number of aromatic nitrogens is 3. The van der Waals surface area contributed by atoms with Crippen molar-refractivity contribution in [2.75, 3.05) is 0 Å². The van der Waals surface area contributed by atoms with Crippen molar-refractivity contribution in [3.05, 3.63) is 67.3 Å². The smallest absolute Gasteiger partial charge is 0.0985 e. The molecule has 0 aliphatic heterocycles. The molecule has 1 aromatic carbocycles. The van der Waals surface area contributed by atoms with Gasteiger partial charge in [0.15, 0.2) is 0 Å². The molecule has 3 nitrogen and oxygen atoms in total. The Kier molecular flexibility index (Phi) is 2.66. The number of hydrogen-bond donors (Lipinski definition) is 0. The standard InChI is InChI=1S/C19H11N3S/c1-2-4-13-12(3-1)5-9-21-18(13)19-17-14-6-8-20-11-16(14)23-15(17)7-10-22-19/h1-11H. The minimum Gasteiger partial charge on any atom is -0.263 e. The molecule has 0 saturated carbocycles. The molecule has 5 rings (SSSR count). The number of thiophene rings is 1. The van der Waals surface area contributed by atoms with Crippen LogP contribution in [0.2, 0.25) is 0 Å². The van der Waals surface area contributed by atoms with Crippen molar-refractivity contribution in [2.24, 2.45) is 0 Å². The SMILES string of the molecule is c1ccc2c(-c3nccc4sc5cnccc5c34)nccc2c1. The van der Waals surface area contributed by atoms with Crippen LogP contribution in [0.4, 0.5) is 0 Å². The Morgan fingerprint density at radius 1 is 0.696 bits per heavy atom. The Morgan fingerprint density at radius 3 is 2.57 bits per heavy atom. The average Bonchev–Trinajstić information content (AvgIpc) is 3.00. The van der Waals surface area contributed by atoms with E-state index in [2.05, 4.69) is 39.2 Å². The maximum Gasteiger partial charge on any atom is 0.0985 e. The summed E-state index contributed by atoms with van der Waals surface area (Å²) in [5.41, 5.74) is 1.88. The molecule has 0 spiro atoms. The first kappa shape index (κ1) is 12.7. The highest BCUT2D eigenvalue weighted by Crippen LogP contribution is 2.39. The number of fused-ring (bicyclic) bond motifs is 4. The molecule has 0 aliphatic carbocycles. The van der Waals surface area contributed by atoms with Crippen molar-refractivity contribution in [2.45, 2.75) is 0 Å². The molecule has 0 atom stereocenters. The van der Waals surface area contributed by atoms with Crippen molar-refractivity contribution in [3.8, 4) is 11.4 Å². The Morgan fingerprint density at radius 2 is 1.57 bits per heavy atom. The second-order valence-corrected chi connectivity index (χ2v) is 6.47. The van der Waals surface area contributed by atoms with Crippen molar-refractivity contribution in [3.63, 3.8) is 0 Å². The van der Waals surface area contributed by atoms with Gasteiger partial charge in [0, 0.05) is 45.6 Å². The number of rotatable bonds is 1. The molecular weight excluding hydrogens is 302 g/mol. The highest BCUT2D eigenvalue weighted by atomic mass is 32.1. The summed E-state index contributed by atoms with van der Waals surface area (Å²) in [7, 11) is 0. The molecule has 0 bridgehead atoms. The molecule has 0 radical (unpaired) electrons. The Labute approximate surface area is 136 Å². The first-order valence-corrected chi connectivity index (χ1v) is 8.19. The molecule has 23 heavy (non-hydrogen) atoms. The van der Waals surface area contributed by atoms with Crippen molar-refractivity contribution < 1.29 is 0 Å². The highest BCUT2D eigenvalue weighted by Gasteiger charge is 2.14. The van der Waals surface area contributed by atoms with E-state index < -0.39 is 0 Å². The first-order valence-electron chi connectivity index (χ1n) is 7.37. The van der Waals surface area contributed by atoms with Gasteiger partial charge < -0.3 is 0 Å². The molecule has 4 heterocycles. The van der Waals surface area contributed by atoms with E-state index in [9.17, 15) is 0 Å². The van der Waals surface area contributed by atoms with Gasteiger partial charge in [-0.1, -0.05) is 24.3 Å². The largest absolute Gasteiger partial charge is 0.263 e. The van der Waals surface area contributed by atoms with Crippen molar-refractivity contribution in [1.29, 1.82) is 0 Å². The molecule has 4 heteroatoms. The summed E-state index contributed by atoms with van der Waals surface area (Å²) in [6, 6.07) is 14.5. The third-order valence-electron chi connectivity index (χ3n) is 4.08. The second-order valence-electron chi connectivity index (χ2n) is 5.39. The second kappa shape index (κ2) is 4.83. The van der Waals surface area contributed by atoms with Gasteiger partial charge in [0.05, 0.1) is 16.1 Å². The van der Waals surface area contributed by atoms with Gasteiger partial charge in [-0.2, -0.15) is 0 Å². The predicted molar refractivity (Wildman–Crippen MR) is 95.7 cm³/mol. The van der Waals surface area contributed by atoms with E-state index in [0.717, 1.165) is 16.8 Å². The Balaban J connectivity index is 1.96.